The van der Waals surface area contributed by atoms with E-state index in [0.29, 0.717) is 0 Å². The Morgan fingerprint density at radius 2 is 1.64 bits per heavy atom. The van der Waals surface area contributed by atoms with Crippen molar-refractivity contribution in [1.29, 1.82) is 10.8 Å². The van der Waals surface area contributed by atoms with E-state index < -0.39 is 117 Å². The van der Waals surface area contributed by atoms with Gasteiger partial charge in [-0.15, -0.1) is 0 Å². The number of carbonyl (C=O) groups is 3. The van der Waals surface area contributed by atoms with Crippen molar-refractivity contribution in [2.45, 2.75) is 67.1 Å². The Morgan fingerprint density at radius 1 is 0.956 bits per heavy atom. The minimum Gasteiger partial charge on any atom is -0.394 e. The average molecular weight is 648 g/mol. The summed E-state index contributed by atoms with van der Waals surface area (Å²) in [5, 5.41) is 105. The number of aliphatic hydroxyl groups is 7. The lowest BCUT2D eigenvalue weighted by molar-refractivity contribution is -0.260. The second-order valence-electron chi connectivity index (χ2n) is 10.4. The molecule has 0 aliphatic carbocycles. The molecule has 3 rings (SSSR count). The van der Waals surface area contributed by atoms with E-state index in [1.165, 1.54) is 6.29 Å². The first-order valence-corrected chi connectivity index (χ1v) is 13.8. The van der Waals surface area contributed by atoms with Crippen LogP contribution in [0.1, 0.15) is 0 Å². The molecule has 16 N–H and O–H groups in total. The van der Waals surface area contributed by atoms with E-state index >= 15 is 0 Å². The molecule has 0 spiro atoms. The molecule has 45 heavy (non-hydrogen) atoms. The van der Waals surface area contributed by atoms with Crippen LogP contribution >= 0.6 is 0 Å². The molecule has 22 nitrogen and oxygen atoms in total. The smallest absolute Gasteiger partial charge is 0.246 e. The maximum absolute atomic E-state index is 13.5. The standard InChI is InChI=1S/C23H39N10O12/c24-22-27-4-12(31-22)29-9(6-36)19(43)32-13(20(44)30-8(5-35)18(42)26-1-2-34)14(38)10-3-28-23(25)33(10)21-17(41)16(40)15(39)11(7-37)45-21/h8-17,21,29,35-41H,1,3-7H2,(H2,25,28)(H,26,42)(H,30,44)(H,32,43)(H3,24,27,31)/t8-,9-,10?,11+,12?,13+,14?,15+,16-,17-,21-/m0/s1. The third-order valence-corrected chi connectivity index (χ3v) is 7.40. The molecule has 3 heterocycles. The number of nitrogens with zero attached hydrogens (tertiary/aromatic N) is 1. The molecule has 22 heteroatoms. The van der Waals surface area contributed by atoms with Crippen LogP contribution < -0.4 is 37.2 Å². The van der Waals surface area contributed by atoms with Crippen LogP contribution in [0.25, 0.3) is 0 Å². The van der Waals surface area contributed by atoms with Crippen LogP contribution in [0, 0.1) is 10.8 Å². The van der Waals surface area contributed by atoms with Crippen LogP contribution in [0.15, 0.2) is 0 Å². The van der Waals surface area contributed by atoms with Gasteiger partial charge in [0.05, 0.1) is 45.1 Å². The van der Waals surface area contributed by atoms with Gasteiger partial charge in [-0.1, -0.05) is 0 Å². The van der Waals surface area contributed by atoms with Crippen LogP contribution in [-0.4, -0.2) is 183 Å². The molecule has 0 saturated carbocycles. The molecule has 0 aromatic carbocycles. The molecule has 3 aliphatic rings. The molecule has 3 fully saturated rings. The fourth-order valence-corrected chi connectivity index (χ4v) is 4.99. The molecule has 0 bridgehead atoms. The molecule has 253 valence electrons. The lowest BCUT2D eigenvalue weighted by Crippen LogP contribution is -2.68. The van der Waals surface area contributed by atoms with Gasteiger partial charge in [0.25, 0.3) is 0 Å². The second-order valence-corrected chi connectivity index (χ2v) is 10.4. The largest absolute Gasteiger partial charge is 0.394 e. The number of hydrogen-bond donors (Lipinski definition) is 16. The third-order valence-electron chi connectivity index (χ3n) is 7.40. The van der Waals surface area contributed by atoms with Gasteiger partial charge in [-0.25, -0.2) is 0 Å². The monoisotopic (exact) mass is 647 g/mol. The Hall–Kier alpha value is -3.74. The summed E-state index contributed by atoms with van der Waals surface area (Å²) in [7, 11) is 0. The van der Waals surface area contributed by atoms with E-state index in [0.717, 1.165) is 4.90 Å². The van der Waals surface area contributed by atoms with E-state index in [1.807, 2.05) is 0 Å². The summed E-state index contributed by atoms with van der Waals surface area (Å²) in [4.78, 5) is 50.5. The molecular weight excluding hydrogens is 608 g/mol. The first kappa shape index (κ1) is 35.7. The van der Waals surface area contributed by atoms with E-state index in [4.69, 9.17) is 15.6 Å². The van der Waals surface area contributed by atoms with Crippen molar-refractivity contribution in [1.82, 2.24) is 42.1 Å². The highest BCUT2D eigenvalue weighted by Gasteiger charge is 2.52. The van der Waals surface area contributed by atoms with Gasteiger partial charge < -0.3 is 77.3 Å². The highest BCUT2D eigenvalue weighted by Crippen LogP contribution is 2.28. The number of guanidine groups is 2. The first-order chi connectivity index (χ1) is 21.4. The van der Waals surface area contributed by atoms with Crippen LogP contribution in [0.4, 0.5) is 0 Å². The number of rotatable bonds is 15. The maximum atomic E-state index is 13.5. The van der Waals surface area contributed by atoms with Crippen LogP contribution in [-0.2, 0) is 23.9 Å². The van der Waals surface area contributed by atoms with Crippen molar-refractivity contribution in [2.24, 2.45) is 0 Å². The molecule has 1 radical (unpaired) electrons. The highest BCUT2D eigenvalue weighted by molar-refractivity contribution is 5.94. The molecule has 3 saturated heterocycles. The fraction of sp³-hybridized carbons (Fsp3) is 0.739. The predicted molar refractivity (Wildman–Crippen MR) is 147 cm³/mol. The lowest BCUT2D eigenvalue weighted by Gasteiger charge is -2.46. The van der Waals surface area contributed by atoms with Gasteiger partial charge in [0, 0.05) is 6.54 Å². The summed E-state index contributed by atoms with van der Waals surface area (Å²) in [6.07, 6.45) is -9.79. The van der Waals surface area contributed by atoms with Crippen molar-refractivity contribution in [3.63, 3.8) is 0 Å². The number of amides is 3. The van der Waals surface area contributed by atoms with Gasteiger partial charge >= 0.3 is 0 Å². The van der Waals surface area contributed by atoms with Crippen LogP contribution in [0.5, 0.6) is 0 Å². The van der Waals surface area contributed by atoms with Gasteiger partial charge in [-0.2, -0.15) is 0 Å². The van der Waals surface area contributed by atoms with Gasteiger partial charge in [0.1, 0.15) is 48.6 Å². The lowest BCUT2D eigenvalue weighted by atomic mass is 9.95. The maximum Gasteiger partial charge on any atom is 0.246 e. The average Bonchev–Trinajstić information content (AvgIpc) is 3.62. The van der Waals surface area contributed by atoms with Crippen molar-refractivity contribution in [2.75, 3.05) is 39.5 Å². The van der Waals surface area contributed by atoms with E-state index in [-0.39, 0.29) is 19.0 Å². The summed E-state index contributed by atoms with van der Waals surface area (Å²) in [6.45, 7) is -3.27. The Bertz CT molecular complexity index is 1100. The second kappa shape index (κ2) is 16.0. The number of carbonyl (C=O) groups excluding carboxylic acids is 4. The normalized spacial score (nSPS) is 30.6. The quantitative estimate of drug-likeness (QED) is 0.0784. The van der Waals surface area contributed by atoms with Gasteiger partial charge in [-0.05, 0) is 0 Å². The number of aliphatic hydroxyl groups excluding tert-OH is 7. The SMILES string of the molecule is N=C1NCC(N[C@@H](CO)C(=O)N[C@@H](C(=O)N[C@@H](CO)C(=O)NC[C]=O)C(O)C2CNC(=N)N2[C@H]2O[C@H](CO)[C@@H](O)[C@H](O)[C@@H]2O)N1. The van der Waals surface area contributed by atoms with Gasteiger partial charge in [0.2, 0.25) is 24.0 Å². The van der Waals surface area contributed by atoms with Crippen LogP contribution in [0.3, 0.4) is 0 Å². The summed E-state index contributed by atoms with van der Waals surface area (Å²) in [6, 6.07) is -6.43. The predicted octanol–water partition coefficient (Wildman–Crippen LogP) is -10.1. The summed E-state index contributed by atoms with van der Waals surface area (Å²) >= 11 is 0. The number of ether oxygens (including phenoxy) is 1. The zero-order chi connectivity index (χ0) is 33.4. The molecule has 3 amide bonds. The van der Waals surface area contributed by atoms with Crippen molar-refractivity contribution >= 4 is 35.9 Å². The topological polar surface area (TPSA) is 354 Å². The molecule has 3 unspecified atom stereocenters. The first-order valence-electron chi connectivity index (χ1n) is 13.8. The molecule has 0 aromatic rings. The van der Waals surface area contributed by atoms with E-state index in [2.05, 4.69) is 37.2 Å². The fourth-order valence-electron chi connectivity index (χ4n) is 4.99. The highest BCUT2D eigenvalue weighted by atomic mass is 16.6. The minimum atomic E-state index is -2.00. The Morgan fingerprint density at radius 3 is 2.22 bits per heavy atom. The third kappa shape index (κ3) is 8.30. The Labute approximate surface area is 255 Å². The molecule has 0 aromatic heterocycles. The van der Waals surface area contributed by atoms with Gasteiger partial charge in [0.15, 0.2) is 18.1 Å². The van der Waals surface area contributed by atoms with E-state index in [1.54, 1.807) is 0 Å². The van der Waals surface area contributed by atoms with Gasteiger partial charge in [-0.3, -0.25) is 35.3 Å². The van der Waals surface area contributed by atoms with Crippen molar-refractivity contribution < 1.29 is 59.7 Å². The zero-order valence-electron chi connectivity index (χ0n) is 23.7. The Balaban J connectivity index is 1.89. The Kier molecular flexibility index (Phi) is 12.7. The summed E-state index contributed by atoms with van der Waals surface area (Å²) in [5.74, 6) is -3.78. The van der Waals surface area contributed by atoms with Crippen LogP contribution in [0.2, 0.25) is 0 Å². The van der Waals surface area contributed by atoms with Crippen molar-refractivity contribution in [3.8, 4) is 0 Å². The molecule has 11 atom stereocenters. The minimum absolute atomic E-state index is 0.0535. The zero-order valence-corrected chi connectivity index (χ0v) is 23.7. The molecular formula is C23H39N10O12. The van der Waals surface area contributed by atoms with Crippen molar-refractivity contribution in [3.05, 3.63) is 0 Å². The van der Waals surface area contributed by atoms with E-state index in [9.17, 15) is 54.9 Å². The molecule has 3 aliphatic heterocycles. The summed E-state index contributed by atoms with van der Waals surface area (Å²) < 4.78 is 5.52. The number of nitrogens with one attached hydrogen (secondary N) is 9. The summed E-state index contributed by atoms with van der Waals surface area (Å²) in [5.41, 5.74) is 0. The number of hydrogen-bond acceptors (Lipinski definition) is 15.